The zero-order chi connectivity index (χ0) is 16.4. The molecule has 116 valence electrons. The number of nitrogens with zero attached hydrogens (tertiary/aromatic N) is 1. The Morgan fingerprint density at radius 3 is 2.20 bits per heavy atom. The van der Waals surface area contributed by atoms with E-state index in [9.17, 15) is 0 Å². The summed E-state index contributed by atoms with van der Waals surface area (Å²) in [5, 5.41) is 9.23. The standard InChI is InChI=1S/C23H13NS/c1-2-5-16(6-3-1)23-22-18-12-11-15-8-4-7-14-9-10-17(21(18)20(14)15)13-19(22)25-24-23/h1-13H. The molecular weight excluding hydrogens is 322 g/mol. The van der Waals surface area contributed by atoms with Gasteiger partial charge in [-0.1, -0.05) is 72.8 Å². The summed E-state index contributed by atoms with van der Waals surface area (Å²) in [6.45, 7) is 0. The molecule has 1 aromatic heterocycles. The lowest BCUT2D eigenvalue weighted by atomic mass is 9.92. The van der Waals surface area contributed by atoms with E-state index in [1.54, 1.807) is 11.5 Å². The molecule has 0 saturated carbocycles. The number of rotatable bonds is 1. The summed E-state index contributed by atoms with van der Waals surface area (Å²) in [7, 11) is 0. The monoisotopic (exact) mass is 335 g/mol. The van der Waals surface area contributed by atoms with Gasteiger partial charge >= 0.3 is 0 Å². The first-order chi connectivity index (χ1) is 12.4. The molecule has 0 atom stereocenters. The van der Waals surface area contributed by atoms with Crippen LogP contribution in [0.3, 0.4) is 0 Å². The summed E-state index contributed by atoms with van der Waals surface area (Å²) < 4.78 is 6.06. The van der Waals surface area contributed by atoms with E-state index < -0.39 is 0 Å². The molecule has 0 N–H and O–H groups in total. The van der Waals surface area contributed by atoms with Gasteiger partial charge in [-0.05, 0) is 49.9 Å². The molecule has 1 nitrogen and oxygen atoms in total. The van der Waals surface area contributed by atoms with Crippen LogP contribution >= 0.6 is 11.5 Å². The van der Waals surface area contributed by atoms with Gasteiger partial charge in [-0.2, -0.15) is 4.37 Å². The molecule has 6 aromatic rings. The third kappa shape index (κ3) is 1.75. The van der Waals surface area contributed by atoms with Crippen LogP contribution in [0.4, 0.5) is 0 Å². The fraction of sp³-hybridized carbons (Fsp3) is 0. The average Bonchev–Trinajstić information content (AvgIpc) is 3.10. The minimum Gasteiger partial charge on any atom is -0.191 e. The highest BCUT2D eigenvalue weighted by Crippen LogP contribution is 2.42. The normalized spacial score (nSPS) is 12.0. The Bertz CT molecular complexity index is 1360. The van der Waals surface area contributed by atoms with E-state index in [4.69, 9.17) is 4.37 Å². The van der Waals surface area contributed by atoms with Crippen molar-refractivity contribution >= 4 is 53.9 Å². The van der Waals surface area contributed by atoms with Crippen molar-refractivity contribution in [2.24, 2.45) is 0 Å². The lowest BCUT2D eigenvalue weighted by Crippen LogP contribution is -1.85. The van der Waals surface area contributed by atoms with Gasteiger partial charge in [0, 0.05) is 10.9 Å². The highest BCUT2D eigenvalue weighted by Gasteiger charge is 2.16. The van der Waals surface area contributed by atoms with Crippen molar-refractivity contribution in [3.63, 3.8) is 0 Å². The first-order valence-electron chi connectivity index (χ1n) is 8.41. The Balaban J connectivity index is 1.88. The predicted molar refractivity (Wildman–Crippen MR) is 109 cm³/mol. The molecule has 0 fully saturated rings. The summed E-state index contributed by atoms with van der Waals surface area (Å²) in [6, 6.07) is 28.3. The van der Waals surface area contributed by atoms with Gasteiger partial charge in [0.05, 0.1) is 10.4 Å². The van der Waals surface area contributed by atoms with Crippen LogP contribution in [-0.4, -0.2) is 4.37 Å². The SMILES string of the molecule is c1ccc(-c2nsc3cc4ccc5cccc6ccc(c23)c4c56)cc1. The second kappa shape index (κ2) is 4.78. The molecule has 0 amide bonds. The van der Waals surface area contributed by atoms with Gasteiger partial charge in [0.15, 0.2) is 0 Å². The Hall–Kier alpha value is -2.97. The zero-order valence-corrected chi connectivity index (χ0v) is 14.2. The number of aromatic nitrogens is 1. The molecule has 0 aliphatic heterocycles. The Morgan fingerprint density at radius 2 is 1.36 bits per heavy atom. The third-order valence-corrected chi connectivity index (χ3v) is 5.92. The topological polar surface area (TPSA) is 12.9 Å². The highest BCUT2D eigenvalue weighted by atomic mass is 32.1. The average molecular weight is 335 g/mol. The quantitative estimate of drug-likeness (QED) is 0.299. The number of fused-ring (bicyclic) bond motifs is 2. The van der Waals surface area contributed by atoms with Gasteiger partial charge in [-0.25, -0.2) is 0 Å². The van der Waals surface area contributed by atoms with Crippen LogP contribution in [0.1, 0.15) is 0 Å². The maximum Gasteiger partial charge on any atom is 0.0925 e. The molecular formula is C23H13NS. The second-order valence-electron chi connectivity index (χ2n) is 6.50. The molecule has 0 radical (unpaired) electrons. The Kier molecular flexibility index (Phi) is 2.55. The van der Waals surface area contributed by atoms with E-state index in [2.05, 4.69) is 78.9 Å². The summed E-state index contributed by atoms with van der Waals surface area (Å²) in [6.07, 6.45) is 0. The molecule has 5 aromatic carbocycles. The van der Waals surface area contributed by atoms with Crippen LogP contribution in [0.2, 0.25) is 0 Å². The molecule has 6 rings (SSSR count). The molecule has 0 aliphatic carbocycles. The van der Waals surface area contributed by atoms with Crippen molar-refractivity contribution < 1.29 is 0 Å². The Morgan fingerprint density at radius 1 is 0.600 bits per heavy atom. The summed E-state index contributed by atoms with van der Waals surface area (Å²) >= 11 is 1.60. The second-order valence-corrected chi connectivity index (χ2v) is 7.31. The van der Waals surface area contributed by atoms with Crippen LogP contribution in [0, 0.1) is 0 Å². The van der Waals surface area contributed by atoms with Crippen molar-refractivity contribution in [2.45, 2.75) is 0 Å². The molecule has 1 heterocycles. The number of hydrogen-bond donors (Lipinski definition) is 0. The molecule has 0 aliphatic rings. The lowest BCUT2D eigenvalue weighted by molar-refractivity contribution is 1.55. The Labute approximate surface area is 148 Å². The van der Waals surface area contributed by atoms with E-state index in [1.165, 1.54) is 48.0 Å². The fourth-order valence-corrected chi connectivity index (χ4v) is 4.90. The minimum absolute atomic E-state index is 1.10. The van der Waals surface area contributed by atoms with Crippen molar-refractivity contribution in [1.82, 2.24) is 4.37 Å². The first kappa shape index (κ1) is 13.3. The number of benzene rings is 5. The summed E-state index contributed by atoms with van der Waals surface area (Å²) in [4.78, 5) is 0. The zero-order valence-electron chi connectivity index (χ0n) is 13.4. The van der Waals surface area contributed by atoms with E-state index in [0.717, 1.165) is 5.69 Å². The molecule has 0 spiro atoms. The molecule has 0 bridgehead atoms. The van der Waals surface area contributed by atoms with E-state index in [1.807, 2.05) is 0 Å². The van der Waals surface area contributed by atoms with Gasteiger partial charge in [0.1, 0.15) is 0 Å². The van der Waals surface area contributed by atoms with Crippen LogP contribution in [-0.2, 0) is 0 Å². The number of hydrogen-bond acceptors (Lipinski definition) is 2. The van der Waals surface area contributed by atoms with E-state index >= 15 is 0 Å². The van der Waals surface area contributed by atoms with Crippen LogP contribution in [0.15, 0.2) is 78.9 Å². The van der Waals surface area contributed by atoms with E-state index in [-0.39, 0.29) is 0 Å². The largest absolute Gasteiger partial charge is 0.191 e. The minimum atomic E-state index is 1.10. The summed E-state index contributed by atoms with van der Waals surface area (Å²) in [5.41, 5.74) is 2.28. The van der Waals surface area contributed by atoms with Crippen LogP contribution in [0.5, 0.6) is 0 Å². The lowest BCUT2D eigenvalue weighted by Gasteiger charge is -2.12. The van der Waals surface area contributed by atoms with Crippen molar-refractivity contribution in [3.05, 3.63) is 78.9 Å². The fourth-order valence-electron chi connectivity index (χ4n) is 4.03. The van der Waals surface area contributed by atoms with Gasteiger partial charge in [-0.15, -0.1) is 0 Å². The first-order valence-corrected chi connectivity index (χ1v) is 9.19. The van der Waals surface area contributed by atoms with Crippen LogP contribution < -0.4 is 0 Å². The van der Waals surface area contributed by atoms with Gasteiger partial charge in [0.2, 0.25) is 0 Å². The molecule has 0 saturated heterocycles. The maximum absolute atomic E-state index is 4.81. The van der Waals surface area contributed by atoms with Crippen molar-refractivity contribution in [1.29, 1.82) is 0 Å². The molecule has 25 heavy (non-hydrogen) atoms. The summed E-state index contributed by atoms with van der Waals surface area (Å²) in [5.74, 6) is 0. The van der Waals surface area contributed by atoms with Gasteiger partial charge in [-0.3, -0.25) is 0 Å². The van der Waals surface area contributed by atoms with Crippen molar-refractivity contribution in [2.75, 3.05) is 0 Å². The maximum atomic E-state index is 4.81. The smallest absolute Gasteiger partial charge is 0.0925 e. The third-order valence-electron chi connectivity index (χ3n) is 5.13. The van der Waals surface area contributed by atoms with Gasteiger partial charge < -0.3 is 0 Å². The molecule has 2 heteroatoms. The van der Waals surface area contributed by atoms with Gasteiger partial charge in [0.25, 0.3) is 0 Å². The predicted octanol–water partition coefficient (Wildman–Crippen LogP) is 6.86. The molecule has 0 unspecified atom stereocenters. The van der Waals surface area contributed by atoms with E-state index in [0.29, 0.717) is 0 Å². The van der Waals surface area contributed by atoms with Crippen LogP contribution in [0.25, 0.3) is 53.7 Å². The highest BCUT2D eigenvalue weighted by molar-refractivity contribution is 7.14. The van der Waals surface area contributed by atoms with Crippen molar-refractivity contribution in [3.8, 4) is 11.3 Å².